The number of hydrogen-bond donors (Lipinski definition) is 4. The number of hydrogen-bond acceptors (Lipinski definition) is 6. The minimum absolute atomic E-state index is 0.774. The number of rotatable bonds is 5. The molecule has 0 amide bonds. The highest BCUT2D eigenvalue weighted by Gasteiger charge is 2.29. The molecule has 0 unspecified atom stereocenters. The molecule has 0 radical (unpaired) electrons. The summed E-state index contributed by atoms with van der Waals surface area (Å²) in [6, 6.07) is 0. The summed E-state index contributed by atoms with van der Waals surface area (Å²) >= 11 is 0. The molecule has 8 nitrogen and oxygen atoms in total. The van der Waals surface area contributed by atoms with Crippen LogP contribution in [0.5, 0.6) is 0 Å². The lowest BCUT2D eigenvalue weighted by atomic mass is 11.0. The molecule has 0 saturated carbocycles. The fourth-order valence-electron chi connectivity index (χ4n) is 0.349. The van der Waals surface area contributed by atoms with E-state index in [2.05, 4.69) is 9.35 Å². The first kappa shape index (κ1) is 12.2. The summed E-state index contributed by atoms with van der Waals surface area (Å²) in [6.07, 6.45) is -1.59. The molecule has 4 N–H and O–H groups in total. The SMILES string of the molecule is O=P(O)(O)CCP(=O)(OO)OO. The Labute approximate surface area is 67.3 Å². The molecule has 0 heterocycles. The topological polar surface area (TPSA) is 134 Å². The minimum Gasteiger partial charge on any atom is -0.324 e. The highest BCUT2D eigenvalue weighted by Crippen LogP contribution is 2.49. The molecule has 0 rings (SSSR count). The van der Waals surface area contributed by atoms with Gasteiger partial charge in [-0.15, -0.1) is 0 Å². The normalized spacial score (nSPS) is 13.3. The van der Waals surface area contributed by atoms with Crippen molar-refractivity contribution in [3.8, 4) is 0 Å². The van der Waals surface area contributed by atoms with Crippen LogP contribution in [0.2, 0.25) is 0 Å². The van der Waals surface area contributed by atoms with Gasteiger partial charge >= 0.3 is 15.2 Å². The summed E-state index contributed by atoms with van der Waals surface area (Å²) in [5, 5.41) is 15.8. The van der Waals surface area contributed by atoms with Crippen molar-refractivity contribution < 1.29 is 38.8 Å². The first-order chi connectivity index (χ1) is 5.33. The first-order valence-corrected chi connectivity index (χ1v) is 6.15. The van der Waals surface area contributed by atoms with Crippen LogP contribution in [0.15, 0.2) is 0 Å². The van der Waals surface area contributed by atoms with Crippen LogP contribution in [0.1, 0.15) is 0 Å². The van der Waals surface area contributed by atoms with Crippen LogP contribution >= 0.6 is 15.2 Å². The largest absolute Gasteiger partial charge is 0.384 e. The van der Waals surface area contributed by atoms with E-state index in [4.69, 9.17) is 20.3 Å². The smallest absolute Gasteiger partial charge is 0.324 e. The van der Waals surface area contributed by atoms with Crippen LogP contribution in [0.4, 0.5) is 0 Å². The van der Waals surface area contributed by atoms with Gasteiger partial charge < -0.3 is 9.79 Å². The van der Waals surface area contributed by atoms with Crippen molar-refractivity contribution in [1.82, 2.24) is 0 Å². The van der Waals surface area contributed by atoms with Crippen LogP contribution < -0.4 is 0 Å². The Morgan fingerprint density at radius 2 is 1.42 bits per heavy atom. The van der Waals surface area contributed by atoms with E-state index in [-0.39, 0.29) is 0 Å². The quantitative estimate of drug-likeness (QED) is 0.297. The highest BCUT2D eigenvalue weighted by atomic mass is 31.2. The molecule has 0 spiro atoms. The molecule has 12 heavy (non-hydrogen) atoms. The third kappa shape index (κ3) is 4.97. The monoisotopic (exact) mass is 222 g/mol. The summed E-state index contributed by atoms with van der Waals surface area (Å²) in [4.78, 5) is 16.6. The lowest BCUT2D eigenvalue weighted by Crippen LogP contribution is -2.00. The van der Waals surface area contributed by atoms with E-state index in [9.17, 15) is 9.13 Å². The molecule has 0 aliphatic heterocycles. The van der Waals surface area contributed by atoms with Gasteiger partial charge in [-0.05, 0) is 0 Å². The molecular weight excluding hydrogens is 214 g/mol. The van der Waals surface area contributed by atoms with Gasteiger partial charge in [0.1, 0.15) is 0 Å². The zero-order valence-electron chi connectivity index (χ0n) is 5.73. The van der Waals surface area contributed by atoms with Crippen LogP contribution in [0.3, 0.4) is 0 Å². The second kappa shape index (κ2) is 4.45. The van der Waals surface area contributed by atoms with Crippen molar-refractivity contribution in [3.63, 3.8) is 0 Å². The van der Waals surface area contributed by atoms with Crippen molar-refractivity contribution in [3.05, 3.63) is 0 Å². The maximum Gasteiger partial charge on any atom is 0.384 e. The summed E-state index contributed by atoms with van der Waals surface area (Å²) in [5.41, 5.74) is 0. The predicted octanol–water partition coefficient (Wildman–Crippen LogP) is 0.336. The van der Waals surface area contributed by atoms with E-state index < -0.39 is 27.5 Å². The fraction of sp³-hybridized carbons (Fsp3) is 1.00. The van der Waals surface area contributed by atoms with Crippen molar-refractivity contribution in [2.75, 3.05) is 12.3 Å². The Bertz CT molecular complexity index is 209. The second-order valence-electron chi connectivity index (χ2n) is 1.89. The molecule has 0 bridgehead atoms. The van der Waals surface area contributed by atoms with Crippen LogP contribution in [-0.2, 0) is 18.5 Å². The van der Waals surface area contributed by atoms with Crippen LogP contribution in [0, 0.1) is 0 Å². The van der Waals surface area contributed by atoms with E-state index in [1.165, 1.54) is 0 Å². The van der Waals surface area contributed by atoms with E-state index in [0.29, 0.717) is 0 Å². The fourth-order valence-corrected chi connectivity index (χ4v) is 2.56. The van der Waals surface area contributed by atoms with E-state index >= 15 is 0 Å². The van der Waals surface area contributed by atoms with Crippen LogP contribution in [-0.4, -0.2) is 32.6 Å². The molecule has 0 fully saturated rings. The third-order valence-electron chi connectivity index (χ3n) is 0.914. The van der Waals surface area contributed by atoms with E-state index in [1.54, 1.807) is 0 Å². The molecule has 0 aliphatic rings. The van der Waals surface area contributed by atoms with Crippen molar-refractivity contribution in [1.29, 1.82) is 0 Å². The van der Waals surface area contributed by atoms with Crippen molar-refractivity contribution in [2.24, 2.45) is 0 Å². The molecule has 0 aromatic heterocycles. The molecule has 0 aromatic carbocycles. The summed E-state index contributed by atoms with van der Waals surface area (Å²) in [5.74, 6) is 0. The van der Waals surface area contributed by atoms with Crippen molar-refractivity contribution in [2.45, 2.75) is 0 Å². The zero-order valence-corrected chi connectivity index (χ0v) is 7.52. The van der Waals surface area contributed by atoms with Gasteiger partial charge in [0, 0.05) is 0 Å². The van der Waals surface area contributed by atoms with Gasteiger partial charge in [0.25, 0.3) is 0 Å². The second-order valence-corrected chi connectivity index (χ2v) is 5.66. The third-order valence-corrected chi connectivity index (χ3v) is 3.34. The van der Waals surface area contributed by atoms with Gasteiger partial charge in [0.15, 0.2) is 0 Å². The van der Waals surface area contributed by atoms with Gasteiger partial charge in [0.2, 0.25) is 0 Å². The molecule has 0 aliphatic carbocycles. The zero-order chi connectivity index (χ0) is 9.83. The molecule has 0 atom stereocenters. The minimum atomic E-state index is -4.34. The van der Waals surface area contributed by atoms with Crippen LogP contribution in [0.25, 0.3) is 0 Å². The molecule has 10 heteroatoms. The summed E-state index contributed by atoms with van der Waals surface area (Å²) in [6.45, 7) is 0. The molecule has 0 aromatic rings. The van der Waals surface area contributed by atoms with E-state index in [1.807, 2.05) is 0 Å². The summed E-state index contributed by atoms with van der Waals surface area (Å²) in [7, 11) is -8.50. The van der Waals surface area contributed by atoms with Gasteiger partial charge in [-0.25, -0.2) is 10.5 Å². The standard InChI is InChI=1S/C2H8O8P2/c3-9-12(8,10-4)2-1-11(5,6)7/h3-4H,1-2H2,(H2,5,6,7). The van der Waals surface area contributed by atoms with E-state index in [0.717, 1.165) is 0 Å². The maximum atomic E-state index is 10.7. The Hall–Kier alpha value is 0.220. The predicted molar refractivity (Wildman–Crippen MR) is 36.8 cm³/mol. The molecular formula is C2H8O8P2. The van der Waals surface area contributed by atoms with Gasteiger partial charge in [-0.2, -0.15) is 9.35 Å². The Morgan fingerprint density at radius 3 is 1.67 bits per heavy atom. The highest BCUT2D eigenvalue weighted by molar-refractivity contribution is 7.57. The maximum absolute atomic E-state index is 10.7. The van der Waals surface area contributed by atoms with Gasteiger partial charge in [0.05, 0.1) is 12.3 Å². The first-order valence-electron chi connectivity index (χ1n) is 2.63. The summed E-state index contributed by atoms with van der Waals surface area (Å²) < 4.78 is 27.4. The average molecular weight is 222 g/mol. The lowest BCUT2D eigenvalue weighted by Gasteiger charge is -2.09. The van der Waals surface area contributed by atoms with Gasteiger partial charge in [-0.1, -0.05) is 0 Å². The Kier molecular flexibility index (Phi) is 4.54. The average Bonchev–Trinajstić information content (AvgIpc) is 1.99. The van der Waals surface area contributed by atoms with Crippen molar-refractivity contribution >= 4 is 15.2 Å². The van der Waals surface area contributed by atoms with Gasteiger partial charge in [-0.3, -0.25) is 9.13 Å². The Morgan fingerprint density at radius 1 is 1.00 bits per heavy atom. The molecule has 0 saturated heterocycles. The lowest BCUT2D eigenvalue weighted by molar-refractivity contribution is -0.207. The Balaban J connectivity index is 4.08. The molecule has 74 valence electrons.